The van der Waals surface area contributed by atoms with Crippen LogP contribution in [0.3, 0.4) is 0 Å². The summed E-state index contributed by atoms with van der Waals surface area (Å²) in [6, 6.07) is 11.3. The Bertz CT molecular complexity index is 971. The van der Waals surface area contributed by atoms with Crippen molar-refractivity contribution in [2.75, 3.05) is 36.4 Å². The van der Waals surface area contributed by atoms with Gasteiger partial charge in [-0.15, -0.1) is 11.3 Å². The highest BCUT2D eigenvalue weighted by Gasteiger charge is 2.25. The van der Waals surface area contributed by atoms with E-state index in [0.717, 1.165) is 5.56 Å². The van der Waals surface area contributed by atoms with Crippen LogP contribution in [0.15, 0.2) is 54.2 Å². The Labute approximate surface area is 172 Å². The molecule has 3 aromatic rings. The van der Waals surface area contributed by atoms with Crippen LogP contribution in [0.25, 0.3) is 0 Å². The first-order valence-electron chi connectivity index (χ1n) is 9.29. The van der Waals surface area contributed by atoms with Gasteiger partial charge in [-0.05, 0) is 11.6 Å². The second kappa shape index (κ2) is 8.78. The first-order valence-corrected chi connectivity index (χ1v) is 10.2. The van der Waals surface area contributed by atoms with Gasteiger partial charge in [0.1, 0.15) is 5.69 Å². The third kappa shape index (κ3) is 4.75. The molecule has 1 aromatic carbocycles. The first kappa shape index (κ1) is 19.0. The highest BCUT2D eigenvalue weighted by Crippen LogP contribution is 2.19. The molecule has 1 fully saturated rings. The second-order valence-electron chi connectivity index (χ2n) is 6.58. The number of hydrogen-bond donors (Lipinski definition) is 1. The molecule has 2 aromatic heterocycles. The molecule has 1 saturated heterocycles. The molecule has 4 rings (SSSR count). The summed E-state index contributed by atoms with van der Waals surface area (Å²) in [5.41, 5.74) is 1.28. The van der Waals surface area contributed by atoms with E-state index in [0.29, 0.717) is 43.0 Å². The van der Waals surface area contributed by atoms with Gasteiger partial charge in [0.15, 0.2) is 5.13 Å². The highest BCUT2D eigenvalue weighted by molar-refractivity contribution is 7.14. The number of aromatic nitrogens is 3. The van der Waals surface area contributed by atoms with Crippen LogP contribution in [0.5, 0.6) is 0 Å². The zero-order valence-electron chi connectivity index (χ0n) is 15.7. The number of carbonyl (C=O) groups excluding carboxylic acids is 2. The monoisotopic (exact) mass is 408 g/mol. The fourth-order valence-electron chi connectivity index (χ4n) is 3.10. The van der Waals surface area contributed by atoms with Crippen LogP contribution in [-0.4, -0.2) is 57.8 Å². The van der Waals surface area contributed by atoms with Crippen LogP contribution < -0.4 is 10.2 Å². The van der Waals surface area contributed by atoms with Crippen LogP contribution in [0, 0.1) is 0 Å². The lowest BCUT2D eigenvalue weighted by Gasteiger charge is -2.34. The minimum Gasteiger partial charge on any atom is -0.337 e. The molecule has 3 heterocycles. The van der Waals surface area contributed by atoms with Crippen molar-refractivity contribution in [2.45, 2.75) is 6.42 Å². The van der Waals surface area contributed by atoms with Crippen molar-refractivity contribution in [1.29, 1.82) is 0 Å². The van der Waals surface area contributed by atoms with Gasteiger partial charge in [0.25, 0.3) is 5.91 Å². The summed E-state index contributed by atoms with van der Waals surface area (Å²) in [6.07, 6.45) is 3.69. The van der Waals surface area contributed by atoms with Crippen molar-refractivity contribution < 1.29 is 9.59 Å². The predicted molar refractivity (Wildman–Crippen MR) is 111 cm³/mol. The molecular weight excluding hydrogens is 388 g/mol. The lowest BCUT2D eigenvalue weighted by molar-refractivity contribution is -0.115. The van der Waals surface area contributed by atoms with Crippen LogP contribution in [0.4, 0.5) is 11.1 Å². The molecule has 8 nitrogen and oxygen atoms in total. The van der Waals surface area contributed by atoms with E-state index in [1.165, 1.54) is 11.3 Å². The molecule has 0 radical (unpaired) electrons. The minimum atomic E-state index is -0.152. The summed E-state index contributed by atoms with van der Waals surface area (Å²) < 4.78 is 0. The number of anilines is 2. The van der Waals surface area contributed by atoms with Gasteiger partial charge in [0.2, 0.25) is 11.9 Å². The fraction of sp³-hybridized carbons (Fsp3) is 0.250. The fourth-order valence-corrected chi connectivity index (χ4v) is 3.80. The Kier molecular flexibility index (Phi) is 5.76. The maximum absolute atomic E-state index is 12.7. The SMILES string of the molecule is O=C(Cc1ccccc1)Nc1nc(C(=O)N2CCN(c3ncccn3)CC2)cs1. The van der Waals surface area contributed by atoms with Crippen LogP contribution >= 0.6 is 11.3 Å². The lowest BCUT2D eigenvalue weighted by Crippen LogP contribution is -2.49. The van der Waals surface area contributed by atoms with Crippen LogP contribution in [-0.2, 0) is 11.2 Å². The number of amides is 2. The van der Waals surface area contributed by atoms with Crippen molar-refractivity contribution >= 4 is 34.2 Å². The summed E-state index contributed by atoms with van der Waals surface area (Å²) >= 11 is 1.26. The van der Waals surface area contributed by atoms with Crippen molar-refractivity contribution in [3.05, 3.63) is 65.4 Å². The number of hydrogen-bond acceptors (Lipinski definition) is 7. The smallest absolute Gasteiger partial charge is 0.273 e. The van der Waals surface area contributed by atoms with Crippen molar-refractivity contribution in [3.8, 4) is 0 Å². The summed E-state index contributed by atoms with van der Waals surface area (Å²) in [4.78, 5) is 41.5. The third-order valence-electron chi connectivity index (χ3n) is 4.58. The zero-order chi connectivity index (χ0) is 20.1. The molecule has 2 amide bonds. The summed E-state index contributed by atoms with van der Waals surface area (Å²) in [5, 5.41) is 4.89. The number of benzene rings is 1. The van der Waals surface area contributed by atoms with Crippen LogP contribution in [0.1, 0.15) is 16.1 Å². The molecule has 1 aliphatic heterocycles. The third-order valence-corrected chi connectivity index (χ3v) is 5.34. The van der Waals surface area contributed by atoms with E-state index in [9.17, 15) is 9.59 Å². The van der Waals surface area contributed by atoms with Gasteiger partial charge in [-0.25, -0.2) is 15.0 Å². The molecule has 29 heavy (non-hydrogen) atoms. The Hall–Kier alpha value is -3.33. The number of rotatable bonds is 5. The topological polar surface area (TPSA) is 91.3 Å². The van der Waals surface area contributed by atoms with Gasteiger partial charge in [0, 0.05) is 44.0 Å². The van der Waals surface area contributed by atoms with E-state index in [4.69, 9.17) is 0 Å². The number of thiazole rings is 1. The first-order chi connectivity index (χ1) is 14.2. The van der Waals surface area contributed by atoms with E-state index in [1.54, 1.807) is 28.7 Å². The molecule has 1 aliphatic rings. The lowest BCUT2D eigenvalue weighted by atomic mass is 10.1. The molecule has 148 valence electrons. The average molecular weight is 408 g/mol. The van der Waals surface area contributed by atoms with Crippen molar-refractivity contribution in [3.63, 3.8) is 0 Å². The maximum atomic E-state index is 12.7. The van der Waals surface area contributed by atoms with E-state index in [-0.39, 0.29) is 18.2 Å². The molecule has 0 atom stereocenters. The number of carbonyl (C=O) groups is 2. The number of nitrogens with zero attached hydrogens (tertiary/aromatic N) is 5. The van der Waals surface area contributed by atoms with Crippen molar-refractivity contribution in [2.24, 2.45) is 0 Å². The molecular formula is C20H20N6O2S. The summed E-state index contributed by atoms with van der Waals surface area (Å²) in [5.74, 6) is 0.399. The molecule has 1 N–H and O–H groups in total. The standard InChI is InChI=1S/C20H20N6O2S/c27-17(13-15-5-2-1-3-6-15)24-20-23-16(14-29-20)18(28)25-9-11-26(12-10-25)19-21-7-4-8-22-19/h1-8,14H,9-13H2,(H,23,24,27). The van der Waals surface area contributed by atoms with Gasteiger partial charge in [-0.1, -0.05) is 30.3 Å². The van der Waals surface area contributed by atoms with Gasteiger partial charge >= 0.3 is 0 Å². The molecule has 9 heteroatoms. The molecule has 0 unspecified atom stereocenters. The van der Waals surface area contributed by atoms with Gasteiger partial charge in [-0.2, -0.15) is 0 Å². The maximum Gasteiger partial charge on any atom is 0.273 e. The molecule has 0 aliphatic carbocycles. The minimum absolute atomic E-state index is 0.126. The van der Waals surface area contributed by atoms with E-state index >= 15 is 0 Å². The zero-order valence-corrected chi connectivity index (χ0v) is 16.5. The summed E-state index contributed by atoms with van der Waals surface area (Å²) in [7, 11) is 0. The largest absolute Gasteiger partial charge is 0.337 e. The molecule has 0 spiro atoms. The van der Waals surface area contributed by atoms with E-state index in [1.807, 2.05) is 30.3 Å². The Morgan fingerprint density at radius 1 is 1.00 bits per heavy atom. The Balaban J connectivity index is 1.31. The Morgan fingerprint density at radius 3 is 2.45 bits per heavy atom. The van der Waals surface area contributed by atoms with E-state index in [2.05, 4.69) is 25.2 Å². The normalized spacial score (nSPS) is 13.9. The van der Waals surface area contributed by atoms with Gasteiger partial charge < -0.3 is 15.1 Å². The summed E-state index contributed by atoms with van der Waals surface area (Å²) in [6.45, 7) is 2.48. The number of nitrogens with one attached hydrogen (secondary N) is 1. The van der Waals surface area contributed by atoms with Crippen molar-refractivity contribution in [1.82, 2.24) is 19.9 Å². The number of piperazine rings is 1. The predicted octanol–water partition coefficient (Wildman–Crippen LogP) is 2.08. The Morgan fingerprint density at radius 2 is 1.72 bits per heavy atom. The average Bonchev–Trinajstić information content (AvgIpc) is 3.23. The highest BCUT2D eigenvalue weighted by atomic mass is 32.1. The quantitative estimate of drug-likeness (QED) is 0.695. The van der Waals surface area contributed by atoms with Gasteiger partial charge in [0.05, 0.1) is 6.42 Å². The van der Waals surface area contributed by atoms with E-state index < -0.39 is 0 Å². The second-order valence-corrected chi connectivity index (χ2v) is 7.43. The van der Waals surface area contributed by atoms with Crippen LogP contribution in [0.2, 0.25) is 0 Å². The molecule has 0 saturated carbocycles. The molecule has 0 bridgehead atoms. The van der Waals surface area contributed by atoms with Gasteiger partial charge in [-0.3, -0.25) is 9.59 Å².